The minimum atomic E-state index is -1.16. The van der Waals surface area contributed by atoms with Crippen molar-refractivity contribution in [1.82, 2.24) is 15.5 Å². The topological polar surface area (TPSA) is 122 Å². The zero-order valence-corrected chi connectivity index (χ0v) is 15.3. The maximum absolute atomic E-state index is 12.6. The van der Waals surface area contributed by atoms with Crippen LogP contribution in [0.4, 0.5) is 4.79 Å². The summed E-state index contributed by atoms with van der Waals surface area (Å²) in [5, 5.41) is 4.14. The summed E-state index contributed by atoms with van der Waals surface area (Å²) in [5.41, 5.74) is 0.447. The molecular formula is C18H21N3O6. The van der Waals surface area contributed by atoms with Gasteiger partial charge in [0.1, 0.15) is 6.04 Å². The smallest absolute Gasteiger partial charge is 0.329 e. The van der Waals surface area contributed by atoms with E-state index in [9.17, 15) is 24.0 Å². The molecule has 0 fully saturated rings. The van der Waals surface area contributed by atoms with Gasteiger partial charge < -0.3 is 10.1 Å². The second-order valence-corrected chi connectivity index (χ2v) is 6.41. The molecular weight excluding hydrogens is 354 g/mol. The Balaban J connectivity index is 2.15. The highest BCUT2D eigenvalue weighted by molar-refractivity contribution is 6.22. The van der Waals surface area contributed by atoms with Gasteiger partial charge in [0.15, 0.2) is 6.61 Å². The monoisotopic (exact) mass is 375 g/mol. The first-order valence-electron chi connectivity index (χ1n) is 8.41. The number of hydrogen-bond donors (Lipinski definition) is 2. The van der Waals surface area contributed by atoms with Crippen molar-refractivity contribution in [2.45, 2.75) is 26.3 Å². The highest BCUT2D eigenvalue weighted by atomic mass is 16.5. The van der Waals surface area contributed by atoms with Crippen LogP contribution in [0.3, 0.4) is 0 Å². The first-order valence-corrected chi connectivity index (χ1v) is 8.41. The molecule has 2 N–H and O–H groups in total. The molecule has 0 bridgehead atoms. The number of carbonyl (C=O) groups excluding carboxylic acids is 5. The van der Waals surface area contributed by atoms with Gasteiger partial charge in [-0.15, -0.1) is 0 Å². The largest absolute Gasteiger partial charge is 0.454 e. The lowest BCUT2D eigenvalue weighted by molar-refractivity contribution is -0.152. The van der Waals surface area contributed by atoms with Crippen LogP contribution in [0.5, 0.6) is 0 Å². The van der Waals surface area contributed by atoms with Crippen molar-refractivity contribution in [2.75, 3.05) is 13.7 Å². The standard InChI is InChI=1S/C18H21N3O6/c1-10(2)8-13(17(25)27-9-14(22)20-18(26)19-3)21-15(23)11-6-4-5-7-12(11)16(21)24/h4-7,10,13H,8-9H2,1-3H3,(H2,19,20,22,26)/t13-/m0/s1. The third-order valence-electron chi connectivity index (χ3n) is 3.93. The second kappa shape index (κ2) is 8.43. The van der Waals surface area contributed by atoms with Gasteiger partial charge in [0, 0.05) is 7.05 Å². The van der Waals surface area contributed by atoms with Crippen LogP contribution < -0.4 is 10.6 Å². The molecule has 1 atom stereocenters. The van der Waals surface area contributed by atoms with E-state index in [2.05, 4.69) is 5.32 Å². The molecule has 0 spiro atoms. The van der Waals surface area contributed by atoms with E-state index in [0.29, 0.717) is 0 Å². The van der Waals surface area contributed by atoms with Gasteiger partial charge in [-0.1, -0.05) is 26.0 Å². The van der Waals surface area contributed by atoms with E-state index in [1.54, 1.807) is 12.1 Å². The van der Waals surface area contributed by atoms with Crippen LogP contribution in [0, 0.1) is 5.92 Å². The van der Waals surface area contributed by atoms with Crippen molar-refractivity contribution in [3.05, 3.63) is 35.4 Å². The number of hydrogen-bond acceptors (Lipinski definition) is 6. The van der Waals surface area contributed by atoms with Crippen molar-refractivity contribution >= 4 is 29.7 Å². The molecule has 1 aromatic carbocycles. The summed E-state index contributed by atoms with van der Waals surface area (Å²) in [6.45, 7) is 2.96. The van der Waals surface area contributed by atoms with E-state index in [1.807, 2.05) is 19.2 Å². The summed E-state index contributed by atoms with van der Waals surface area (Å²) in [4.78, 5) is 61.3. The quantitative estimate of drug-likeness (QED) is 0.557. The van der Waals surface area contributed by atoms with E-state index in [0.717, 1.165) is 4.90 Å². The predicted octanol–water partition coefficient (Wildman–Crippen LogP) is 0.696. The van der Waals surface area contributed by atoms with Gasteiger partial charge in [0.05, 0.1) is 11.1 Å². The Morgan fingerprint density at radius 3 is 2.11 bits per heavy atom. The number of esters is 1. The molecule has 9 nitrogen and oxygen atoms in total. The van der Waals surface area contributed by atoms with E-state index < -0.39 is 42.4 Å². The highest BCUT2D eigenvalue weighted by Gasteiger charge is 2.43. The van der Waals surface area contributed by atoms with Crippen LogP contribution in [-0.2, 0) is 14.3 Å². The number of ether oxygens (including phenoxy) is 1. The number of amides is 5. The fraction of sp³-hybridized carbons (Fsp3) is 0.389. The van der Waals surface area contributed by atoms with Gasteiger partial charge in [-0.25, -0.2) is 9.59 Å². The molecule has 1 aliphatic heterocycles. The molecule has 27 heavy (non-hydrogen) atoms. The fourth-order valence-electron chi connectivity index (χ4n) is 2.70. The van der Waals surface area contributed by atoms with Crippen molar-refractivity contribution in [3.63, 3.8) is 0 Å². The molecule has 0 aliphatic carbocycles. The summed E-state index contributed by atoms with van der Waals surface area (Å²) in [6.07, 6.45) is 0.182. The Kier molecular flexibility index (Phi) is 6.27. The minimum Gasteiger partial charge on any atom is -0.454 e. The molecule has 9 heteroatoms. The Morgan fingerprint density at radius 1 is 1.07 bits per heavy atom. The van der Waals surface area contributed by atoms with Crippen LogP contribution in [0.1, 0.15) is 41.0 Å². The van der Waals surface area contributed by atoms with Crippen LogP contribution in [-0.4, -0.2) is 54.3 Å². The number of nitrogens with zero attached hydrogens (tertiary/aromatic N) is 1. The van der Waals surface area contributed by atoms with Gasteiger partial charge >= 0.3 is 12.0 Å². The first-order chi connectivity index (χ1) is 12.8. The van der Waals surface area contributed by atoms with Crippen molar-refractivity contribution in [1.29, 1.82) is 0 Å². The number of carbonyl (C=O) groups is 5. The Labute approximate surface area is 156 Å². The first kappa shape index (κ1) is 20.1. The zero-order chi connectivity index (χ0) is 20.1. The summed E-state index contributed by atoms with van der Waals surface area (Å²) in [5.74, 6) is -2.88. The van der Waals surface area contributed by atoms with Crippen molar-refractivity contribution < 1.29 is 28.7 Å². The molecule has 0 saturated heterocycles. The summed E-state index contributed by atoms with van der Waals surface area (Å²) >= 11 is 0. The van der Waals surface area contributed by atoms with E-state index in [4.69, 9.17) is 4.74 Å². The fourth-order valence-corrected chi connectivity index (χ4v) is 2.70. The van der Waals surface area contributed by atoms with E-state index in [1.165, 1.54) is 19.2 Å². The Morgan fingerprint density at radius 2 is 1.63 bits per heavy atom. The Hall–Kier alpha value is -3.23. The van der Waals surface area contributed by atoms with Gasteiger partial charge in [0.2, 0.25) is 0 Å². The average molecular weight is 375 g/mol. The molecule has 1 aliphatic rings. The summed E-state index contributed by atoms with van der Waals surface area (Å²) < 4.78 is 4.94. The molecule has 0 unspecified atom stereocenters. The van der Waals surface area contributed by atoms with Gasteiger partial charge in [-0.3, -0.25) is 24.6 Å². The molecule has 144 valence electrons. The molecule has 1 aromatic rings. The van der Waals surface area contributed by atoms with Gasteiger partial charge in [-0.2, -0.15) is 0 Å². The van der Waals surface area contributed by atoms with Gasteiger partial charge in [0.25, 0.3) is 17.7 Å². The van der Waals surface area contributed by atoms with Crippen LogP contribution >= 0.6 is 0 Å². The molecule has 0 aromatic heterocycles. The van der Waals surface area contributed by atoms with Crippen LogP contribution in [0.25, 0.3) is 0 Å². The molecule has 0 radical (unpaired) electrons. The number of urea groups is 1. The molecule has 0 saturated carbocycles. The molecule has 1 heterocycles. The lowest BCUT2D eigenvalue weighted by Gasteiger charge is -2.25. The van der Waals surface area contributed by atoms with E-state index in [-0.39, 0.29) is 23.5 Å². The SMILES string of the molecule is CNC(=O)NC(=O)COC(=O)[C@H](CC(C)C)N1C(=O)c2ccccc2C1=O. The molecule has 5 amide bonds. The normalized spacial score (nSPS) is 14.0. The van der Waals surface area contributed by atoms with Crippen LogP contribution in [0.2, 0.25) is 0 Å². The highest BCUT2D eigenvalue weighted by Crippen LogP contribution is 2.27. The van der Waals surface area contributed by atoms with Crippen molar-refractivity contribution in [3.8, 4) is 0 Å². The van der Waals surface area contributed by atoms with Gasteiger partial charge in [-0.05, 0) is 24.5 Å². The van der Waals surface area contributed by atoms with E-state index >= 15 is 0 Å². The number of nitrogens with one attached hydrogen (secondary N) is 2. The number of imide groups is 2. The van der Waals surface area contributed by atoms with Crippen LogP contribution in [0.15, 0.2) is 24.3 Å². The zero-order valence-electron chi connectivity index (χ0n) is 15.3. The van der Waals surface area contributed by atoms with Crippen molar-refractivity contribution in [2.24, 2.45) is 5.92 Å². The number of fused-ring (bicyclic) bond motifs is 1. The third-order valence-corrected chi connectivity index (χ3v) is 3.93. The summed E-state index contributed by atoms with van der Waals surface area (Å²) in [7, 11) is 1.33. The number of benzene rings is 1. The lowest BCUT2D eigenvalue weighted by Crippen LogP contribution is -2.47. The second-order valence-electron chi connectivity index (χ2n) is 6.41. The predicted molar refractivity (Wildman–Crippen MR) is 93.7 cm³/mol. The average Bonchev–Trinajstić information content (AvgIpc) is 2.88. The lowest BCUT2D eigenvalue weighted by atomic mass is 10.0. The maximum Gasteiger partial charge on any atom is 0.329 e. The minimum absolute atomic E-state index is 0.0217. The Bertz CT molecular complexity index is 754. The third kappa shape index (κ3) is 4.49. The summed E-state index contributed by atoms with van der Waals surface area (Å²) in [6, 6.07) is 4.40. The number of rotatable bonds is 6. The maximum atomic E-state index is 12.6. The molecule has 2 rings (SSSR count).